The topological polar surface area (TPSA) is 20.2 Å². The summed E-state index contributed by atoms with van der Waals surface area (Å²) < 4.78 is 9.44. The molecule has 0 aromatic rings. The van der Waals surface area contributed by atoms with Gasteiger partial charge in [-0.15, -0.1) is 0 Å². The molecule has 1 nitrogen and oxygen atoms in total. The Bertz CT molecular complexity index is 649. The van der Waals surface area contributed by atoms with Crippen LogP contribution in [-0.4, -0.2) is 11.2 Å². The monoisotopic (exact) mass is 387 g/mol. The summed E-state index contributed by atoms with van der Waals surface area (Å²) in [4.78, 5) is 0. The van der Waals surface area contributed by atoms with E-state index in [1.165, 1.54) is 64.2 Å². The Morgan fingerprint density at radius 2 is 1.82 bits per heavy atom. The first-order valence-electron chi connectivity index (χ1n) is 13.0. The zero-order chi connectivity index (χ0) is 21.0. The van der Waals surface area contributed by atoms with Crippen LogP contribution in [-0.2, 0) is 0 Å². The van der Waals surface area contributed by atoms with Crippen LogP contribution in [0.1, 0.15) is 113 Å². The molecule has 3 saturated carbocycles. The molecule has 0 aliphatic heterocycles. The molecule has 0 aromatic carbocycles. The summed E-state index contributed by atoms with van der Waals surface area (Å²) in [6, 6.07) is 0. The fourth-order valence-electron chi connectivity index (χ4n) is 8.30. The molecule has 0 radical (unpaired) electrons. The first-order chi connectivity index (χ1) is 13.6. The highest BCUT2D eigenvalue weighted by molar-refractivity contribution is 5.39. The largest absolute Gasteiger partial charge is 0.393 e. The highest BCUT2D eigenvalue weighted by Gasteiger charge is 2.63. The third-order valence-electron chi connectivity index (χ3n) is 9.87. The quantitative estimate of drug-likeness (QED) is 0.483. The van der Waals surface area contributed by atoms with Gasteiger partial charge in [0.25, 0.3) is 0 Å². The van der Waals surface area contributed by atoms with E-state index in [1.54, 1.807) is 11.1 Å². The van der Waals surface area contributed by atoms with E-state index in [0.29, 0.717) is 17.8 Å². The van der Waals surface area contributed by atoms with E-state index in [0.717, 1.165) is 18.8 Å². The fraction of sp³-hybridized carbons (Fsp3) is 0.926. The van der Waals surface area contributed by atoms with Crippen LogP contribution in [0.3, 0.4) is 0 Å². The molecule has 1 heteroatoms. The van der Waals surface area contributed by atoms with Gasteiger partial charge in [0.2, 0.25) is 0 Å². The van der Waals surface area contributed by atoms with Crippen molar-refractivity contribution < 1.29 is 6.48 Å². The van der Waals surface area contributed by atoms with E-state index >= 15 is 0 Å². The molecular weight excluding hydrogens is 340 g/mol. The van der Waals surface area contributed by atoms with Gasteiger partial charge in [-0.2, -0.15) is 0 Å². The van der Waals surface area contributed by atoms with E-state index < -0.39 is 0 Å². The number of allylic oxidation sites excluding steroid dienone is 2. The van der Waals surface area contributed by atoms with Crippen LogP contribution >= 0.6 is 0 Å². The molecule has 0 bridgehead atoms. The van der Waals surface area contributed by atoms with Crippen LogP contribution < -0.4 is 0 Å². The maximum atomic E-state index is 11.2. The first-order valence-corrected chi connectivity index (χ1v) is 12.5. The lowest BCUT2D eigenvalue weighted by atomic mass is 9.43. The van der Waals surface area contributed by atoms with Gasteiger partial charge < -0.3 is 5.11 Å². The number of fused-ring (bicyclic) bond motifs is 5. The minimum Gasteiger partial charge on any atom is -0.393 e. The molecule has 4 aliphatic rings. The molecular formula is C27H46O. The predicted molar refractivity (Wildman–Crippen MR) is 119 cm³/mol. The van der Waals surface area contributed by atoms with E-state index in [4.69, 9.17) is 0 Å². The summed E-state index contributed by atoms with van der Waals surface area (Å²) in [5.74, 6) is 1.89. The maximum Gasteiger partial charge on any atom is 0.0579 e. The highest BCUT2D eigenvalue weighted by Crippen LogP contribution is 2.71. The van der Waals surface area contributed by atoms with Crippen molar-refractivity contribution in [3.63, 3.8) is 0 Å². The summed E-state index contributed by atoms with van der Waals surface area (Å²) >= 11 is 0. The summed E-state index contributed by atoms with van der Waals surface area (Å²) in [6.45, 7) is 12.0. The Hall–Kier alpha value is -0.300. The lowest BCUT2D eigenvalue weighted by Gasteiger charge is -2.62. The van der Waals surface area contributed by atoms with E-state index in [-0.39, 0.29) is 22.8 Å². The minimum absolute atomic E-state index is 0.113. The third kappa shape index (κ3) is 3.14. The molecule has 4 aliphatic carbocycles. The Kier molecular flexibility index (Phi) is 5.44. The Morgan fingerprint density at radius 1 is 1.04 bits per heavy atom. The van der Waals surface area contributed by atoms with Crippen molar-refractivity contribution in [2.45, 2.75) is 118 Å². The van der Waals surface area contributed by atoms with Crippen molar-refractivity contribution in [3.05, 3.63) is 11.1 Å². The molecule has 7 atom stereocenters. The van der Waals surface area contributed by atoms with Gasteiger partial charge in [-0.1, -0.05) is 77.9 Å². The van der Waals surface area contributed by atoms with Gasteiger partial charge >= 0.3 is 0 Å². The van der Waals surface area contributed by atoms with Crippen LogP contribution in [0.15, 0.2) is 11.1 Å². The zero-order valence-corrected chi connectivity index (χ0v) is 19.3. The lowest BCUT2D eigenvalue weighted by Crippen LogP contribution is -2.57. The molecule has 0 aromatic heterocycles. The first kappa shape index (κ1) is 19.7. The summed E-state index contributed by atoms with van der Waals surface area (Å²) in [5.41, 5.74) is 3.88. The smallest absolute Gasteiger partial charge is 0.0579 e. The van der Waals surface area contributed by atoms with Crippen LogP contribution in [0.2, 0.25) is 0 Å². The van der Waals surface area contributed by atoms with Crippen LogP contribution in [0.4, 0.5) is 0 Å². The summed E-state index contributed by atoms with van der Waals surface area (Å²) in [6.07, 6.45) is 14.4. The second-order valence-corrected chi connectivity index (χ2v) is 11.7. The Morgan fingerprint density at radius 3 is 2.57 bits per heavy atom. The fourth-order valence-corrected chi connectivity index (χ4v) is 8.30. The van der Waals surface area contributed by atoms with Gasteiger partial charge in [-0.05, 0) is 85.3 Å². The molecule has 4 rings (SSSR count). The van der Waals surface area contributed by atoms with E-state index in [1.807, 2.05) is 0 Å². The zero-order valence-electron chi connectivity index (χ0n) is 20.3. The molecule has 0 heterocycles. The van der Waals surface area contributed by atoms with Crippen molar-refractivity contribution in [3.8, 4) is 0 Å². The van der Waals surface area contributed by atoms with Crippen LogP contribution in [0.25, 0.3) is 0 Å². The van der Waals surface area contributed by atoms with Gasteiger partial charge in [-0.25, -0.2) is 0 Å². The normalized spacial score (nSPS) is 45.9. The highest BCUT2D eigenvalue weighted by atomic mass is 16.3. The van der Waals surface area contributed by atoms with Crippen molar-refractivity contribution in [1.82, 2.24) is 0 Å². The molecule has 0 amide bonds. The van der Waals surface area contributed by atoms with Crippen LogP contribution in [0.5, 0.6) is 0 Å². The number of rotatable bonds is 5. The average Bonchev–Trinajstić information content (AvgIpc) is 3.02. The molecule has 160 valence electrons. The van der Waals surface area contributed by atoms with Crippen molar-refractivity contribution in [1.29, 1.82) is 0 Å². The lowest BCUT2D eigenvalue weighted by molar-refractivity contribution is -0.111. The van der Waals surface area contributed by atoms with Crippen molar-refractivity contribution >= 4 is 0 Å². The van der Waals surface area contributed by atoms with Gasteiger partial charge in [0.15, 0.2) is 0 Å². The van der Waals surface area contributed by atoms with E-state index in [9.17, 15) is 6.48 Å². The molecule has 0 spiro atoms. The Labute approximate surface area is 176 Å². The Balaban J connectivity index is 1.74. The molecule has 0 saturated heterocycles. The van der Waals surface area contributed by atoms with Gasteiger partial charge in [0.1, 0.15) is 0 Å². The standard InChI is InChI=1S/C27H46O/c1-18(2)10-8-11-19(3)20-15-17-27(5)24(20)21-12-6-7-13-22(21)25-23(28)14-9-16-26(25,27)4/h18-20,22-23,25,28H,6-17H2,1-5H3/t19-,20+,22-,23-,25-,26-,27-/m1/s1/i19D. The van der Waals surface area contributed by atoms with Crippen molar-refractivity contribution in [2.24, 2.45) is 40.4 Å². The maximum absolute atomic E-state index is 11.2. The van der Waals surface area contributed by atoms with Crippen LogP contribution in [0, 0.1) is 40.4 Å². The number of hydrogen-bond donors (Lipinski definition) is 1. The SMILES string of the molecule is [2H][C@@](C)(CCCC(C)C)[C@@H]1CC[C@]2(C)C1=C1CCCC[C@H]1[C@@H]1[C@H](O)CCC[C@]12C. The summed E-state index contributed by atoms with van der Waals surface area (Å²) in [7, 11) is 0. The third-order valence-corrected chi connectivity index (χ3v) is 9.87. The number of aliphatic hydroxyl groups excluding tert-OH is 1. The molecule has 1 N–H and O–H groups in total. The second kappa shape index (κ2) is 7.75. The van der Waals surface area contributed by atoms with Gasteiger partial charge in [0, 0.05) is 1.37 Å². The minimum atomic E-state index is -0.340. The summed E-state index contributed by atoms with van der Waals surface area (Å²) in [5, 5.41) is 11.2. The molecule has 28 heavy (non-hydrogen) atoms. The van der Waals surface area contributed by atoms with Gasteiger partial charge in [0.05, 0.1) is 6.10 Å². The number of hydrogen-bond acceptors (Lipinski definition) is 1. The van der Waals surface area contributed by atoms with Crippen molar-refractivity contribution in [2.75, 3.05) is 0 Å². The van der Waals surface area contributed by atoms with E-state index in [2.05, 4.69) is 34.6 Å². The molecule has 0 unspecified atom stereocenters. The van der Waals surface area contributed by atoms with Gasteiger partial charge in [-0.3, -0.25) is 0 Å². The predicted octanol–water partition coefficient (Wildman–Crippen LogP) is 7.53. The molecule has 3 fully saturated rings. The second-order valence-electron chi connectivity index (χ2n) is 11.7. The number of aliphatic hydroxyl groups is 1. The average molecular weight is 388 g/mol.